The van der Waals surface area contributed by atoms with Crippen molar-refractivity contribution in [3.05, 3.63) is 18.4 Å². The van der Waals surface area contributed by atoms with Crippen molar-refractivity contribution in [3.63, 3.8) is 0 Å². The van der Waals surface area contributed by atoms with Crippen LogP contribution in [0.15, 0.2) is 22.0 Å². The molecule has 0 bridgehead atoms. The van der Waals surface area contributed by atoms with Gasteiger partial charge in [-0.05, 0) is 0 Å². The number of carbonyl (C=O) groups is 1. The Labute approximate surface area is 73.1 Å². The number of carboxylic acid groups (broad SMARTS) is 1. The maximum Gasteiger partial charge on any atom is 0.336 e. The average Bonchev–Trinajstić information content (AvgIpc) is 2.50. The third kappa shape index (κ3) is 2.19. The Hall–Kier alpha value is -2.05. The van der Waals surface area contributed by atoms with Crippen molar-refractivity contribution < 1.29 is 14.3 Å². The fraction of sp³-hybridized carbons (Fsp3) is 0.167. The molecule has 0 saturated heterocycles. The summed E-state index contributed by atoms with van der Waals surface area (Å²) in [6.07, 6.45) is 2.35. The van der Waals surface area contributed by atoms with Gasteiger partial charge in [0.05, 0.1) is 6.20 Å². The summed E-state index contributed by atoms with van der Waals surface area (Å²) in [5.74, 6) is -1.44. The van der Waals surface area contributed by atoms with E-state index in [1.165, 1.54) is 6.20 Å². The van der Waals surface area contributed by atoms with Crippen LogP contribution in [0.1, 0.15) is 11.8 Å². The van der Waals surface area contributed by atoms with Gasteiger partial charge in [-0.3, -0.25) is 0 Å². The van der Waals surface area contributed by atoms with Gasteiger partial charge in [-0.1, -0.05) is 0 Å². The number of guanidine groups is 1. The van der Waals surface area contributed by atoms with Gasteiger partial charge in [0, 0.05) is 0 Å². The molecule has 1 aromatic rings. The van der Waals surface area contributed by atoms with Crippen LogP contribution < -0.4 is 11.5 Å². The number of rotatable bonds is 3. The Bertz CT molecular complexity index is 315. The molecule has 13 heavy (non-hydrogen) atoms. The highest BCUT2D eigenvalue weighted by atomic mass is 16.4. The molecule has 0 radical (unpaired) electrons. The lowest BCUT2D eigenvalue weighted by atomic mass is 10.2. The van der Waals surface area contributed by atoms with E-state index in [-0.39, 0.29) is 11.7 Å². The van der Waals surface area contributed by atoms with Crippen LogP contribution in [0, 0.1) is 0 Å². The van der Waals surface area contributed by atoms with Gasteiger partial charge < -0.3 is 21.0 Å². The molecule has 0 aliphatic rings. The van der Waals surface area contributed by atoms with Gasteiger partial charge in [0.1, 0.15) is 0 Å². The van der Waals surface area contributed by atoms with E-state index >= 15 is 0 Å². The molecule has 0 aliphatic carbocycles. The lowest BCUT2D eigenvalue weighted by Gasteiger charge is -2.02. The summed E-state index contributed by atoms with van der Waals surface area (Å²) >= 11 is 0. The van der Waals surface area contributed by atoms with Crippen LogP contribution in [0.2, 0.25) is 0 Å². The van der Waals surface area contributed by atoms with Crippen LogP contribution in [-0.4, -0.2) is 22.0 Å². The van der Waals surface area contributed by atoms with Gasteiger partial charge in [-0.2, -0.15) is 0 Å². The second kappa shape index (κ2) is 3.57. The third-order valence-electron chi connectivity index (χ3n) is 1.23. The summed E-state index contributed by atoms with van der Waals surface area (Å²) in [6.45, 7) is 0. The Kier molecular flexibility index (Phi) is 2.48. The molecule has 1 rings (SSSR count). The van der Waals surface area contributed by atoms with Gasteiger partial charge in [-0.25, -0.2) is 14.8 Å². The van der Waals surface area contributed by atoms with E-state index in [1.54, 1.807) is 0 Å². The molecule has 1 unspecified atom stereocenters. The molecule has 1 atom stereocenters. The number of hydrogen-bond donors (Lipinski definition) is 3. The molecule has 0 aliphatic heterocycles. The molecule has 5 N–H and O–H groups in total. The minimum absolute atomic E-state index is 0.0842. The Morgan fingerprint density at radius 1 is 1.69 bits per heavy atom. The molecule has 1 aromatic heterocycles. The number of aliphatic imine (C=N–C) groups is 1. The quantitative estimate of drug-likeness (QED) is 0.411. The second-order valence-corrected chi connectivity index (χ2v) is 2.20. The van der Waals surface area contributed by atoms with Crippen molar-refractivity contribution in [1.29, 1.82) is 0 Å². The lowest BCUT2D eigenvalue weighted by Crippen LogP contribution is -2.25. The van der Waals surface area contributed by atoms with Crippen molar-refractivity contribution >= 4 is 11.9 Å². The van der Waals surface area contributed by atoms with Crippen LogP contribution in [-0.2, 0) is 4.79 Å². The smallest absolute Gasteiger partial charge is 0.336 e. The van der Waals surface area contributed by atoms with Gasteiger partial charge in [0.2, 0.25) is 6.04 Å². The first-order valence-electron chi connectivity index (χ1n) is 3.31. The first-order chi connectivity index (χ1) is 6.11. The van der Waals surface area contributed by atoms with E-state index in [1.807, 2.05) is 0 Å². The van der Waals surface area contributed by atoms with Crippen molar-refractivity contribution in [3.8, 4) is 0 Å². The maximum absolute atomic E-state index is 10.6. The number of aliphatic carboxylic acids is 1. The monoisotopic (exact) mass is 184 g/mol. The molecule has 0 aromatic carbocycles. The zero-order chi connectivity index (χ0) is 9.84. The van der Waals surface area contributed by atoms with Gasteiger partial charge >= 0.3 is 5.97 Å². The van der Waals surface area contributed by atoms with Crippen LogP contribution in [0.25, 0.3) is 0 Å². The largest absolute Gasteiger partial charge is 0.479 e. The molecule has 0 fully saturated rings. The SMILES string of the molecule is NC(N)=NC(C(=O)O)c1cnco1. The van der Waals surface area contributed by atoms with Crippen LogP contribution in [0.4, 0.5) is 0 Å². The molecular formula is C6H8N4O3. The van der Waals surface area contributed by atoms with E-state index in [0.717, 1.165) is 6.39 Å². The van der Waals surface area contributed by atoms with Gasteiger partial charge in [-0.15, -0.1) is 0 Å². The topological polar surface area (TPSA) is 128 Å². The number of nitrogens with two attached hydrogens (primary N) is 2. The fourth-order valence-electron chi connectivity index (χ4n) is 0.750. The molecule has 0 saturated carbocycles. The summed E-state index contributed by atoms with van der Waals surface area (Å²) in [4.78, 5) is 17.6. The summed E-state index contributed by atoms with van der Waals surface area (Å²) in [5.41, 5.74) is 10.1. The van der Waals surface area contributed by atoms with Crippen molar-refractivity contribution in [1.82, 2.24) is 4.98 Å². The first kappa shape index (κ1) is 9.04. The highest BCUT2D eigenvalue weighted by Crippen LogP contribution is 2.16. The fourth-order valence-corrected chi connectivity index (χ4v) is 0.750. The van der Waals surface area contributed by atoms with Crippen molar-refractivity contribution in [2.24, 2.45) is 16.5 Å². The van der Waals surface area contributed by atoms with E-state index in [9.17, 15) is 4.79 Å². The zero-order valence-corrected chi connectivity index (χ0v) is 6.54. The molecule has 1 heterocycles. The van der Waals surface area contributed by atoms with Crippen molar-refractivity contribution in [2.75, 3.05) is 0 Å². The number of nitrogens with zero attached hydrogens (tertiary/aromatic N) is 2. The number of oxazole rings is 1. The van der Waals surface area contributed by atoms with Crippen LogP contribution in [0.5, 0.6) is 0 Å². The van der Waals surface area contributed by atoms with E-state index in [4.69, 9.17) is 21.0 Å². The maximum atomic E-state index is 10.6. The number of hydrogen-bond acceptors (Lipinski definition) is 4. The molecule has 7 nitrogen and oxygen atoms in total. The predicted molar refractivity (Wildman–Crippen MR) is 42.7 cm³/mol. The second-order valence-electron chi connectivity index (χ2n) is 2.20. The minimum atomic E-state index is -1.23. The minimum Gasteiger partial charge on any atom is -0.479 e. The number of aromatic nitrogens is 1. The van der Waals surface area contributed by atoms with Crippen LogP contribution in [0.3, 0.4) is 0 Å². The van der Waals surface area contributed by atoms with E-state index in [2.05, 4.69) is 9.98 Å². The van der Waals surface area contributed by atoms with Crippen LogP contribution >= 0.6 is 0 Å². The number of carboxylic acids is 1. The lowest BCUT2D eigenvalue weighted by molar-refractivity contribution is -0.139. The summed E-state index contributed by atoms with van der Waals surface area (Å²) in [5, 5.41) is 8.69. The molecule has 70 valence electrons. The zero-order valence-electron chi connectivity index (χ0n) is 6.54. The van der Waals surface area contributed by atoms with Gasteiger partial charge in [0.25, 0.3) is 0 Å². The Morgan fingerprint density at radius 3 is 2.77 bits per heavy atom. The predicted octanol–water partition coefficient (Wildman–Crippen LogP) is -0.926. The molecule has 7 heteroatoms. The molecule has 0 amide bonds. The van der Waals surface area contributed by atoms with Crippen molar-refractivity contribution in [2.45, 2.75) is 6.04 Å². The summed E-state index contributed by atoms with van der Waals surface area (Å²) < 4.78 is 4.75. The average molecular weight is 184 g/mol. The highest BCUT2D eigenvalue weighted by Gasteiger charge is 2.22. The highest BCUT2D eigenvalue weighted by molar-refractivity contribution is 5.82. The summed E-state index contributed by atoms with van der Waals surface area (Å²) in [7, 11) is 0. The van der Waals surface area contributed by atoms with E-state index in [0.29, 0.717) is 0 Å². The molecular weight excluding hydrogens is 176 g/mol. The Morgan fingerprint density at radius 2 is 2.38 bits per heavy atom. The van der Waals surface area contributed by atoms with Gasteiger partial charge in [0.15, 0.2) is 18.1 Å². The standard InChI is InChI=1S/C6H8N4O3/c7-6(8)10-4(5(11)12)3-1-9-2-13-3/h1-2,4H,(H,11,12)(H4,7,8,10). The van der Waals surface area contributed by atoms with E-state index < -0.39 is 12.0 Å². The summed E-state index contributed by atoms with van der Waals surface area (Å²) in [6, 6.07) is -1.23. The Balaban J connectivity index is 2.94. The normalized spacial score (nSPS) is 12.0. The molecule has 0 spiro atoms. The third-order valence-corrected chi connectivity index (χ3v) is 1.23. The first-order valence-corrected chi connectivity index (χ1v) is 3.31.